The van der Waals surface area contributed by atoms with Crippen molar-refractivity contribution in [2.45, 2.75) is 23.6 Å². The van der Waals surface area contributed by atoms with Crippen LogP contribution in [0.25, 0.3) is 0 Å². The summed E-state index contributed by atoms with van der Waals surface area (Å²) < 4.78 is 0.840. The molecule has 92 valence electrons. The van der Waals surface area contributed by atoms with Crippen LogP contribution >= 0.6 is 27.7 Å². The fourth-order valence-electron chi connectivity index (χ4n) is 1.71. The van der Waals surface area contributed by atoms with Gasteiger partial charge in [-0.05, 0) is 43.7 Å². The van der Waals surface area contributed by atoms with E-state index < -0.39 is 0 Å². The average molecular weight is 321 g/mol. The molecule has 18 heavy (non-hydrogen) atoms. The van der Waals surface area contributed by atoms with E-state index in [9.17, 15) is 4.79 Å². The average Bonchev–Trinajstić information content (AvgIpc) is 2.33. The first kappa shape index (κ1) is 13.4. The third-order valence-electron chi connectivity index (χ3n) is 2.66. The second-order valence-electron chi connectivity index (χ2n) is 4.17. The predicted molar refractivity (Wildman–Crippen MR) is 79.6 cm³/mol. The Balaban J connectivity index is 2.28. The van der Waals surface area contributed by atoms with Crippen LogP contribution in [-0.4, -0.2) is 6.29 Å². The molecule has 0 spiro atoms. The minimum absolute atomic E-state index is 0.681. The van der Waals surface area contributed by atoms with Crippen molar-refractivity contribution in [2.75, 3.05) is 0 Å². The molecule has 0 amide bonds. The number of hydrogen-bond donors (Lipinski definition) is 0. The minimum Gasteiger partial charge on any atom is -0.298 e. The second kappa shape index (κ2) is 5.72. The van der Waals surface area contributed by atoms with Crippen molar-refractivity contribution in [2.24, 2.45) is 0 Å². The maximum Gasteiger partial charge on any atom is 0.151 e. The first-order valence-corrected chi connectivity index (χ1v) is 7.21. The van der Waals surface area contributed by atoms with Crippen LogP contribution in [0.4, 0.5) is 0 Å². The Morgan fingerprint density at radius 1 is 1.11 bits per heavy atom. The van der Waals surface area contributed by atoms with E-state index in [1.807, 2.05) is 18.2 Å². The van der Waals surface area contributed by atoms with Gasteiger partial charge in [-0.25, -0.2) is 0 Å². The Labute approximate surface area is 120 Å². The molecule has 0 N–H and O–H groups in total. The van der Waals surface area contributed by atoms with Gasteiger partial charge in [-0.2, -0.15) is 0 Å². The third kappa shape index (κ3) is 3.03. The first-order chi connectivity index (χ1) is 8.60. The van der Waals surface area contributed by atoms with Gasteiger partial charge in [0.1, 0.15) is 0 Å². The SMILES string of the molecule is Cc1ccc(Sc2ccc(C=O)c(Br)c2)c(C)c1. The summed E-state index contributed by atoms with van der Waals surface area (Å²) in [5.74, 6) is 0. The summed E-state index contributed by atoms with van der Waals surface area (Å²) >= 11 is 5.12. The molecule has 0 heterocycles. The minimum atomic E-state index is 0.681. The van der Waals surface area contributed by atoms with Crippen molar-refractivity contribution < 1.29 is 4.79 Å². The Hall–Kier alpha value is -1.06. The van der Waals surface area contributed by atoms with E-state index in [4.69, 9.17) is 0 Å². The van der Waals surface area contributed by atoms with Gasteiger partial charge >= 0.3 is 0 Å². The smallest absolute Gasteiger partial charge is 0.151 e. The van der Waals surface area contributed by atoms with Crippen LogP contribution < -0.4 is 0 Å². The Morgan fingerprint density at radius 2 is 1.89 bits per heavy atom. The molecule has 0 aromatic heterocycles. The predicted octanol–water partition coefficient (Wildman–Crippen LogP) is 5.03. The lowest BCUT2D eigenvalue weighted by Gasteiger charge is -2.07. The molecule has 0 fully saturated rings. The molecule has 0 unspecified atom stereocenters. The zero-order valence-electron chi connectivity index (χ0n) is 10.2. The van der Waals surface area contributed by atoms with Gasteiger partial charge in [0.05, 0.1) is 0 Å². The first-order valence-electron chi connectivity index (χ1n) is 5.60. The van der Waals surface area contributed by atoms with E-state index >= 15 is 0 Å². The largest absolute Gasteiger partial charge is 0.298 e. The Kier molecular flexibility index (Phi) is 4.25. The van der Waals surface area contributed by atoms with Crippen LogP contribution in [0.2, 0.25) is 0 Å². The molecule has 2 rings (SSSR count). The van der Waals surface area contributed by atoms with Crippen molar-refractivity contribution in [1.82, 2.24) is 0 Å². The molecule has 3 heteroatoms. The van der Waals surface area contributed by atoms with Gasteiger partial charge in [0, 0.05) is 19.8 Å². The monoisotopic (exact) mass is 320 g/mol. The summed E-state index contributed by atoms with van der Waals surface area (Å²) in [6.07, 6.45) is 0.857. The van der Waals surface area contributed by atoms with Gasteiger partial charge in [0.2, 0.25) is 0 Å². The quantitative estimate of drug-likeness (QED) is 0.738. The van der Waals surface area contributed by atoms with E-state index in [0.717, 1.165) is 15.7 Å². The highest BCUT2D eigenvalue weighted by Crippen LogP contribution is 2.32. The van der Waals surface area contributed by atoms with Gasteiger partial charge in [-0.15, -0.1) is 0 Å². The summed E-state index contributed by atoms with van der Waals surface area (Å²) in [5, 5.41) is 0. The summed E-state index contributed by atoms with van der Waals surface area (Å²) in [5.41, 5.74) is 3.23. The molecule has 0 atom stereocenters. The number of hydrogen-bond acceptors (Lipinski definition) is 2. The number of halogens is 1. The Bertz CT molecular complexity index is 593. The van der Waals surface area contributed by atoms with Crippen molar-refractivity contribution in [3.8, 4) is 0 Å². The van der Waals surface area contributed by atoms with Crippen LogP contribution in [0.1, 0.15) is 21.5 Å². The van der Waals surface area contributed by atoms with E-state index in [1.165, 1.54) is 16.0 Å². The topological polar surface area (TPSA) is 17.1 Å². The van der Waals surface area contributed by atoms with Crippen LogP contribution in [0.3, 0.4) is 0 Å². The second-order valence-corrected chi connectivity index (χ2v) is 6.14. The van der Waals surface area contributed by atoms with Gasteiger partial charge in [-0.1, -0.05) is 45.4 Å². The Morgan fingerprint density at radius 3 is 2.50 bits per heavy atom. The van der Waals surface area contributed by atoms with Gasteiger partial charge in [0.15, 0.2) is 6.29 Å². The molecular formula is C15H13BrOS. The van der Waals surface area contributed by atoms with Crippen molar-refractivity contribution in [1.29, 1.82) is 0 Å². The summed E-state index contributed by atoms with van der Waals surface area (Å²) in [6.45, 7) is 4.21. The number of benzene rings is 2. The molecule has 2 aromatic rings. The summed E-state index contributed by atoms with van der Waals surface area (Å²) in [4.78, 5) is 13.1. The molecule has 0 bridgehead atoms. The van der Waals surface area contributed by atoms with E-state index in [0.29, 0.717) is 5.56 Å². The van der Waals surface area contributed by atoms with E-state index in [-0.39, 0.29) is 0 Å². The van der Waals surface area contributed by atoms with Crippen LogP contribution in [0, 0.1) is 13.8 Å². The molecule has 2 aromatic carbocycles. The standard InChI is InChI=1S/C15H13BrOS/c1-10-3-6-15(11(2)7-10)18-13-5-4-12(9-17)14(16)8-13/h3-9H,1-2H3. The molecule has 0 saturated heterocycles. The van der Waals surface area contributed by atoms with Crippen molar-refractivity contribution >= 4 is 34.0 Å². The number of aldehydes is 1. The van der Waals surface area contributed by atoms with E-state index in [1.54, 1.807) is 11.8 Å². The number of aryl methyl sites for hydroxylation is 2. The summed E-state index contributed by atoms with van der Waals surface area (Å²) in [6, 6.07) is 12.2. The molecule has 0 aliphatic heterocycles. The van der Waals surface area contributed by atoms with Crippen LogP contribution in [-0.2, 0) is 0 Å². The van der Waals surface area contributed by atoms with Crippen molar-refractivity contribution in [3.05, 3.63) is 57.6 Å². The molecule has 0 aliphatic carbocycles. The number of carbonyl (C=O) groups is 1. The molecule has 0 aliphatic rings. The van der Waals surface area contributed by atoms with Gasteiger partial charge in [-0.3, -0.25) is 4.79 Å². The zero-order chi connectivity index (χ0) is 13.1. The number of carbonyl (C=O) groups excluding carboxylic acids is 1. The van der Waals surface area contributed by atoms with E-state index in [2.05, 4.69) is 48.0 Å². The highest BCUT2D eigenvalue weighted by molar-refractivity contribution is 9.10. The highest BCUT2D eigenvalue weighted by atomic mass is 79.9. The molecule has 0 radical (unpaired) electrons. The summed E-state index contributed by atoms with van der Waals surface area (Å²) in [7, 11) is 0. The maximum atomic E-state index is 10.8. The third-order valence-corrected chi connectivity index (χ3v) is 4.51. The van der Waals surface area contributed by atoms with Crippen molar-refractivity contribution in [3.63, 3.8) is 0 Å². The highest BCUT2D eigenvalue weighted by Gasteiger charge is 2.04. The van der Waals surface area contributed by atoms with Crippen LogP contribution in [0.15, 0.2) is 50.7 Å². The fraction of sp³-hybridized carbons (Fsp3) is 0.133. The normalized spacial score (nSPS) is 10.4. The maximum absolute atomic E-state index is 10.8. The lowest BCUT2D eigenvalue weighted by Crippen LogP contribution is -1.84. The fourth-order valence-corrected chi connectivity index (χ4v) is 3.25. The van der Waals surface area contributed by atoms with Crippen LogP contribution in [0.5, 0.6) is 0 Å². The van der Waals surface area contributed by atoms with Gasteiger partial charge in [0.25, 0.3) is 0 Å². The molecular weight excluding hydrogens is 308 g/mol. The molecule has 1 nitrogen and oxygen atoms in total. The lowest BCUT2D eigenvalue weighted by molar-refractivity contribution is 0.112. The molecule has 0 saturated carbocycles. The number of rotatable bonds is 3. The van der Waals surface area contributed by atoms with Gasteiger partial charge < -0.3 is 0 Å². The lowest BCUT2D eigenvalue weighted by atomic mass is 10.2. The zero-order valence-corrected chi connectivity index (χ0v) is 12.6.